The fourth-order valence-electron chi connectivity index (χ4n) is 11.1. The summed E-state index contributed by atoms with van der Waals surface area (Å²) in [5, 5.41) is 10.6. The quantitative estimate of drug-likeness (QED) is 0.0222. The monoisotopic (exact) mass is 1370 g/mol. The van der Waals surface area contributed by atoms with E-state index in [4.69, 9.17) is 37.0 Å². The number of phosphoric acid groups is 2. The molecule has 0 saturated carbocycles. The van der Waals surface area contributed by atoms with E-state index in [0.717, 1.165) is 114 Å². The highest BCUT2D eigenvalue weighted by molar-refractivity contribution is 7.47. The third-order valence-corrected chi connectivity index (χ3v) is 19.7. The fourth-order valence-corrected chi connectivity index (χ4v) is 12.7. The summed E-state index contributed by atoms with van der Waals surface area (Å²) < 4.78 is 68.5. The van der Waals surface area contributed by atoms with Crippen molar-refractivity contribution < 1.29 is 80.2 Å². The van der Waals surface area contributed by atoms with Crippen molar-refractivity contribution in [2.75, 3.05) is 39.6 Å². The molecule has 0 bridgehead atoms. The Balaban J connectivity index is 5.27. The molecule has 7 atom stereocenters. The first kappa shape index (κ1) is 91.1. The molecule has 0 aliphatic rings. The Kier molecular flexibility index (Phi) is 62.2. The molecule has 5 unspecified atom stereocenters. The molecule has 3 N–H and O–H groups in total. The van der Waals surface area contributed by atoms with Gasteiger partial charge in [-0.15, -0.1) is 0 Å². The molecule has 0 fully saturated rings. The Morgan fingerprint density at radius 1 is 0.301 bits per heavy atom. The minimum absolute atomic E-state index is 0.104. The summed E-state index contributed by atoms with van der Waals surface area (Å²) in [5.41, 5.74) is 0. The lowest BCUT2D eigenvalue weighted by Crippen LogP contribution is -2.30. The van der Waals surface area contributed by atoms with Gasteiger partial charge in [0.15, 0.2) is 12.2 Å². The van der Waals surface area contributed by atoms with Gasteiger partial charge in [0.05, 0.1) is 26.4 Å². The van der Waals surface area contributed by atoms with Crippen LogP contribution in [0.15, 0.2) is 0 Å². The predicted molar refractivity (Wildman–Crippen MR) is 377 cm³/mol. The number of carbonyl (C=O) groups excluding carboxylic acids is 4. The van der Waals surface area contributed by atoms with Gasteiger partial charge in [-0.1, -0.05) is 319 Å². The molecule has 19 heteroatoms. The summed E-state index contributed by atoms with van der Waals surface area (Å²) in [7, 11) is -9.91. The lowest BCUT2D eigenvalue weighted by Gasteiger charge is -2.21. The Hall–Kier alpha value is -1.94. The number of rotatable bonds is 71. The van der Waals surface area contributed by atoms with Crippen LogP contribution >= 0.6 is 15.6 Å². The molecule has 0 saturated heterocycles. The van der Waals surface area contributed by atoms with Crippen molar-refractivity contribution in [2.24, 2.45) is 23.7 Å². The van der Waals surface area contributed by atoms with E-state index in [2.05, 4.69) is 55.4 Å². The summed E-state index contributed by atoms with van der Waals surface area (Å²) in [5.74, 6) is 0.967. The van der Waals surface area contributed by atoms with Gasteiger partial charge in [0.2, 0.25) is 0 Å². The molecule has 17 nitrogen and oxygen atoms in total. The van der Waals surface area contributed by atoms with Crippen molar-refractivity contribution >= 4 is 39.5 Å². The Labute approximate surface area is 568 Å². The van der Waals surface area contributed by atoms with Crippen LogP contribution in [0.5, 0.6) is 0 Å². The zero-order chi connectivity index (χ0) is 68.9. The lowest BCUT2D eigenvalue weighted by atomic mass is 9.99. The molecule has 0 aromatic carbocycles. The molecule has 0 aliphatic heterocycles. The maximum Gasteiger partial charge on any atom is 0.472 e. The van der Waals surface area contributed by atoms with Crippen LogP contribution in [0.1, 0.15) is 370 Å². The first-order chi connectivity index (χ1) is 44.7. The number of ether oxygens (including phenoxy) is 4. The number of phosphoric ester groups is 2. The molecule has 0 spiro atoms. The van der Waals surface area contributed by atoms with Crippen LogP contribution in [-0.4, -0.2) is 96.7 Å². The molecule has 0 amide bonds. The third kappa shape index (κ3) is 65.8. The van der Waals surface area contributed by atoms with Crippen LogP contribution in [0.3, 0.4) is 0 Å². The van der Waals surface area contributed by atoms with Gasteiger partial charge in [-0.05, 0) is 49.4 Å². The molecule has 0 heterocycles. The Morgan fingerprint density at radius 3 is 0.763 bits per heavy atom. The lowest BCUT2D eigenvalue weighted by molar-refractivity contribution is -0.161. The summed E-state index contributed by atoms with van der Waals surface area (Å²) in [6.07, 6.45) is 47.0. The van der Waals surface area contributed by atoms with Crippen LogP contribution in [-0.2, 0) is 65.4 Å². The number of unbranched alkanes of at least 4 members (excludes halogenated alkanes) is 35. The molecular weight excluding hydrogens is 1220 g/mol. The highest BCUT2D eigenvalue weighted by Gasteiger charge is 2.30. The zero-order valence-electron chi connectivity index (χ0n) is 60.9. The Bertz CT molecular complexity index is 1840. The second kappa shape index (κ2) is 63.5. The van der Waals surface area contributed by atoms with Gasteiger partial charge in [-0.2, -0.15) is 0 Å². The van der Waals surface area contributed by atoms with E-state index >= 15 is 0 Å². The third-order valence-electron chi connectivity index (χ3n) is 17.8. The second-order valence-electron chi connectivity index (χ2n) is 28.1. The minimum Gasteiger partial charge on any atom is -0.462 e. The van der Waals surface area contributed by atoms with Crippen molar-refractivity contribution in [1.82, 2.24) is 0 Å². The van der Waals surface area contributed by atoms with E-state index in [9.17, 15) is 43.2 Å². The maximum absolute atomic E-state index is 13.1. The average molecular weight is 1370 g/mol. The van der Waals surface area contributed by atoms with Crippen LogP contribution in [0.4, 0.5) is 0 Å². The smallest absolute Gasteiger partial charge is 0.462 e. The molecule has 93 heavy (non-hydrogen) atoms. The van der Waals surface area contributed by atoms with Crippen LogP contribution in [0.25, 0.3) is 0 Å². The molecule has 0 aromatic heterocycles. The van der Waals surface area contributed by atoms with Crippen molar-refractivity contribution in [3.8, 4) is 0 Å². The highest BCUT2D eigenvalue weighted by atomic mass is 31.2. The number of aliphatic hydroxyl groups excluding tert-OH is 1. The molecular formula is C74H144O17P2. The average Bonchev–Trinajstić information content (AvgIpc) is 3.67. The van der Waals surface area contributed by atoms with E-state index in [1.54, 1.807) is 0 Å². The standard InChI is InChI=1S/C74H144O17P2/c1-9-66(7)52-44-36-28-19-16-17-20-30-38-46-54-71(76)84-60-69(90-73(78)56-48-40-32-21-15-13-11-12-14-18-26-34-42-50-64(3)4)62-88-92(80,81)86-58-68(75)59-87-93(82,83)89-63-70(61-85-72(77)55-47-39-31-24-22-27-35-43-51-65(5)6)91-74(79)57-49-41-33-25-23-29-37-45-53-67(8)10-2/h64-70,75H,9-63H2,1-8H3,(H,80,81)(H,82,83)/t66?,67?,68?,69-,70-/m1/s1. The molecule has 0 rings (SSSR count). The van der Waals surface area contributed by atoms with E-state index in [1.807, 2.05) is 0 Å². The molecule has 552 valence electrons. The molecule has 0 aromatic rings. The molecule has 0 radical (unpaired) electrons. The normalized spacial score (nSPS) is 14.8. The number of esters is 4. The molecule has 0 aliphatic carbocycles. The predicted octanol–water partition coefficient (Wildman–Crippen LogP) is 21.3. The van der Waals surface area contributed by atoms with Gasteiger partial charge < -0.3 is 33.8 Å². The van der Waals surface area contributed by atoms with Gasteiger partial charge >= 0.3 is 39.5 Å². The maximum atomic E-state index is 13.1. The van der Waals surface area contributed by atoms with Crippen molar-refractivity contribution in [1.29, 1.82) is 0 Å². The summed E-state index contributed by atoms with van der Waals surface area (Å²) in [4.78, 5) is 72.7. The zero-order valence-corrected chi connectivity index (χ0v) is 62.7. The van der Waals surface area contributed by atoms with Crippen LogP contribution in [0, 0.1) is 23.7 Å². The SMILES string of the molecule is CCC(C)CCCCCCCCCCCCC(=O)OC[C@H](COP(=O)(O)OCC(O)COP(=O)(O)OC[C@@H](COC(=O)CCCCCCCCCCC(C)C)OC(=O)CCCCCCCCCCC(C)CC)OC(=O)CCCCCCCCCCCCCCCC(C)C. The highest BCUT2D eigenvalue weighted by Crippen LogP contribution is 2.45. The number of carbonyl (C=O) groups is 4. The van der Waals surface area contributed by atoms with Crippen molar-refractivity contribution in [3.63, 3.8) is 0 Å². The Morgan fingerprint density at radius 2 is 0.516 bits per heavy atom. The van der Waals surface area contributed by atoms with Crippen LogP contribution < -0.4 is 0 Å². The summed E-state index contributed by atoms with van der Waals surface area (Å²) in [6, 6.07) is 0. The fraction of sp³-hybridized carbons (Fsp3) is 0.946. The number of hydrogen-bond donors (Lipinski definition) is 3. The van der Waals surface area contributed by atoms with E-state index < -0.39 is 97.5 Å². The van der Waals surface area contributed by atoms with Crippen LogP contribution in [0.2, 0.25) is 0 Å². The van der Waals surface area contributed by atoms with Gasteiger partial charge in [-0.3, -0.25) is 37.3 Å². The second-order valence-corrected chi connectivity index (χ2v) is 31.0. The summed E-state index contributed by atoms with van der Waals surface area (Å²) >= 11 is 0. The van der Waals surface area contributed by atoms with Gasteiger partial charge in [0.1, 0.15) is 19.3 Å². The van der Waals surface area contributed by atoms with Gasteiger partial charge in [0.25, 0.3) is 0 Å². The van der Waals surface area contributed by atoms with E-state index in [0.29, 0.717) is 25.7 Å². The minimum atomic E-state index is -4.96. The first-order valence-corrected chi connectivity index (χ1v) is 41.3. The van der Waals surface area contributed by atoms with Crippen molar-refractivity contribution in [3.05, 3.63) is 0 Å². The van der Waals surface area contributed by atoms with Crippen molar-refractivity contribution in [2.45, 2.75) is 388 Å². The first-order valence-electron chi connectivity index (χ1n) is 38.3. The van der Waals surface area contributed by atoms with E-state index in [-0.39, 0.29) is 25.7 Å². The van der Waals surface area contributed by atoms with E-state index in [1.165, 1.54) is 173 Å². The largest absolute Gasteiger partial charge is 0.472 e. The van der Waals surface area contributed by atoms with Gasteiger partial charge in [-0.25, -0.2) is 9.13 Å². The topological polar surface area (TPSA) is 237 Å². The number of hydrogen-bond acceptors (Lipinski definition) is 15. The van der Waals surface area contributed by atoms with Gasteiger partial charge in [0, 0.05) is 25.7 Å². The summed E-state index contributed by atoms with van der Waals surface area (Å²) in [6.45, 7) is 14.2. The number of aliphatic hydroxyl groups is 1.